The van der Waals surface area contributed by atoms with Crippen LogP contribution >= 0.6 is 0 Å². The van der Waals surface area contributed by atoms with Gasteiger partial charge in [-0.25, -0.2) is 0 Å². The highest BCUT2D eigenvalue weighted by molar-refractivity contribution is 6.08. The number of allylic oxidation sites excluding steroid dienone is 4. The second-order valence-corrected chi connectivity index (χ2v) is 8.69. The summed E-state index contributed by atoms with van der Waals surface area (Å²) in [4.78, 5) is 0. The summed E-state index contributed by atoms with van der Waals surface area (Å²) in [5.74, 6) is 0. The molecule has 0 aliphatic heterocycles. The van der Waals surface area contributed by atoms with Crippen LogP contribution in [-0.2, 0) is 0 Å². The summed E-state index contributed by atoms with van der Waals surface area (Å²) in [6.07, 6.45) is 3.43. The van der Waals surface area contributed by atoms with E-state index in [4.69, 9.17) is 0 Å². The number of rotatable bonds is 3. The van der Waals surface area contributed by atoms with Crippen molar-refractivity contribution < 1.29 is 0 Å². The Hall–Kier alpha value is -2.86. The predicted molar refractivity (Wildman–Crippen MR) is 127 cm³/mol. The van der Waals surface area contributed by atoms with Crippen LogP contribution in [0.1, 0.15) is 56.5 Å². The minimum Gasteiger partial charge on any atom is -0.0590 e. The van der Waals surface area contributed by atoms with Crippen LogP contribution < -0.4 is 0 Å². The molecule has 29 heavy (non-hydrogen) atoms. The molecule has 146 valence electrons. The fourth-order valence-corrected chi connectivity index (χ4v) is 4.42. The van der Waals surface area contributed by atoms with Crippen LogP contribution in [0.2, 0.25) is 0 Å². The van der Waals surface area contributed by atoms with Gasteiger partial charge in [-0.2, -0.15) is 0 Å². The van der Waals surface area contributed by atoms with Gasteiger partial charge in [0.2, 0.25) is 0 Å². The molecule has 3 aromatic rings. The lowest BCUT2D eigenvalue weighted by molar-refractivity contribution is 1.30. The molecule has 0 radical (unpaired) electrons. The van der Waals surface area contributed by atoms with Crippen molar-refractivity contribution >= 4 is 16.7 Å². The van der Waals surface area contributed by atoms with Gasteiger partial charge >= 0.3 is 0 Å². The van der Waals surface area contributed by atoms with E-state index >= 15 is 0 Å². The molecule has 0 aromatic heterocycles. The van der Waals surface area contributed by atoms with Crippen LogP contribution in [-0.4, -0.2) is 0 Å². The first-order valence-electron chi connectivity index (χ1n) is 10.5. The normalized spacial score (nSPS) is 13.8. The molecule has 0 bridgehead atoms. The maximum atomic E-state index is 2.45. The smallest absolute Gasteiger partial charge is 0.000730 e. The van der Waals surface area contributed by atoms with Crippen molar-refractivity contribution in [2.24, 2.45) is 0 Å². The van der Waals surface area contributed by atoms with E-state index in [1.54, 1.807) is 0 Å². The molecule has 0 heteroatoms. The SMILES string of the molecule is Cc1ccc(C)c(C2=CC(c3cc(C)ccc3C)=C(c3cc(C)ccc3C)C2)c1. The van der Waals surface area contributed by atoms with Crippen LogP contribution in [0.3, 0.4) is 0 Å². The Morgan fingerprint density at radius 3 is 1.55 bits per heavy atom. The van der Waals surface area contributed by atoms with E-state index in [0.29, 0.717) is 0 Å². The first-order chi connectivity index (χ1) is 13.8. The van der Waals surface area contributed by atoms with E-state index in [0.717, 1.165) is 6.42 Å². The zero-order chi connectivity index (χ0) is 20.7. The molecular formula is C29H30. The second-order valence-electron chi connectivity index (χ2n) is 8.69. The van der Waals surface area contributed by atoms with Gasteiger partial charge in [0.05, 0.1) is 0 Å². The Bertz CT molecular complexity index is 1170. The number of hydrogen-bond acceptors (Lipinski definition) is 0. The standard InChI is InChI=1S/C29H30/c1-18-7-10-21(4)25(13-18)24-16-28(26-14-19(2)8-11-22(26)5)29(17-24)27-15-20(3)9-12-23(27)6/h7-16H,17H2,1-6H3. The van der Waals surface area contributed by atoms with Gasteiger partial charge in [0, 0.05) is 0 Å². The van der Waals surface area contributed by atoms with Crippen molar-refractivity contribution in [2.45, 2.75) is 48.0 Å². The molecule has 0 heterocycles. The van der Waals surface area contributed by atoms with E-state index < -0.39 is 0 Å². The summed E-state index contributed by atoms with van der Waals surface area (Å²) in [5.41, 5.74) is 16.4. The van der Waals surface area contributed by atoms with E-state index in [2.05, 4.69) is 102 Å². The molecule has 0 saturated carbocycles. The first-order valence-corrected chi connectivity index (χ1v) is 10.5. The molecule has 1 aliphatic rings. The van der Waals surface area contributed by atoms with E-state index in [1.807, 2.05) is 0 Å². The van der Waals surface area contributed by atoms with Gasteiger partial charge in [-0.15, -0.1) is 0 Å². The van der Waals surface area contributed by atoms with Crippen LogP contribution in [0.4, 0.5) is 0 Å². The predicted octanol–water partition coefficient (Wildman–Crippen LogP) is 7.94. The van der Waals surface area contributed by atoms with E-state index in [-0.39, 0.29) is 0 Å². The Morgan fingerprint density at radius 1 is 0.517 bits per heavy atom. The first kappa shape index (κ1) is 19.5. The topological polar surface area (TPSA) is 0 Å². The highest BCUT2D eigenvalue weighted by Gasteiger charge is 2.23. The molecule has 0 nitrogen and oxygen atoms in total. The van der Waals surface area contributed by atoms with Gasteiger partial charge in [0.15, 0.2) is 0 Å². The van der Waals surface area contributed by atoms with Gasteiger partial charge in [-0.1, -0.05) is 71.3 Å². The minimum atomic E-state index is 0.983. The Morgan fingerprint density at radius 2 is 0.966 bits per heavy atom. The lowest BCUT2D eigenvalue weighted by Gasteiger charge is -2.15. The molecule has 0 saturated heterocycles. The Kier molecular flexibility index (Phi) is 5.04. The van der Waals surface area contributed by atoms with Gasteiger partial charge in [-0.3, -0.25) is 0 Å². The van der Waals surface area contributed by atoms with Crippen molar-refractivity contribution in [3.63, 3.8) is 0 Å². The summed E-state index contributed by atoms with van der Waals surface area (Å²) >= 11 is 0. The third-order valence-corrected chi connectivity index (χ3v) is 6.15. The van der Waals surface area contributed by atoms with Crippen LogP contribution in [0.25, 0.3) is 16.7 Å². The third-order valence-electron chi connectivity index (χ3n) is 6.15. The molecule has 0 N–H and O–H groups in total. The highest BCUT2D eigenvalue weighted by atomic mass is 14.3. The van der Waals surface area contributed by atoms with Crippen molar-refractivity contribution in [1.29, 1.82) is 0 Å². The zero-order valence-electron chi connectivity index (χ0n) is 18.5. The van der Waals surface area contributed by atoms with Crippen LogP contribution in [0.15, 0.2) is 60.7 Å². The minimum absolute atomic E-state index is 0.983. The average molecular weight is 379 g/mol. The molecule has 0 amide bonds. The summed E-state index contributed by atoms with van der Waals surface area (Å²) in [6, 6.07) is 20.4. The van der Waals surface area contributed by atoms with Crippen LogP contribution in [0.5, 0.6) is 0 Å². The van der Waals surface area contributed by atoms with Crippen molar-refractivity contribution in [1.82, 2.24) is 0 Å². The average Bonchev–Trinajstić information content (AvgIpc) is 3.12. The summed E-state index contributed by atoms with van der Waals surface area (Å²) in [6.45, 7) is 13.2. The maximum absolute atomic E-state index is 2.45. The summed E-state index contributed by atoms with van der Waals surface area (Å²) < 4.78 is 0. The Balaban J connectivity index is 1.94. The number of benzene rings is 3. The van der Waals surface area contributed by atoms with Crippen molar-refractivity contribution in [3.05, 3.63) is 111 Å². The molecular weight excluding hydrogens is 348 g/mol. The van der Waals surface area contributed by atoms with Gasteiger partial charge in [0.1, 0.15) is 0 Å². The molecule has 0 spiro atoms. The fraction of sp³-hybridized carbons (Fsp3) is 0.241. The van der Waals surface area contributed by atoms with Gasteiger partial charge < -0.3 is 0 Å². The third kappa shape index (κ3) is 3.72. The number of aryl methyl sites for hydroxylation is 6. The molecule has 0 atom stereocenters. The quantitative estimate of drug-likeness (QED) is 0.434. The zero-order valence-corrected chi connectivity index (χ0v) is 18.5. The molecule has 4 rings (SSSR count). The maximum Gasteiger partial charge on any atom is -0.000730 e. The molecule has 1 aliphatic carbocycles. The highest BCUT2D eigenvalue weighted by Crippen LogP contribution is 2.45. The van der Waals surface area contributed by atoms with E-state index in [9.17, 15) is 0 Å². The molecule has 3 aromatic carbocycles. The lowest BCUT2D eigenvalue weighted by Crippen LogP contribution is -1.94. The van der Waals surface area contributed by atoms with Gasteiger partial charge in [-0.05, 0) is 104 Å². The number of hydrogen-bond donors (Lipinski definition) is 0. The van der Waals surface area contributed by atoms with Crippen molar-refractivity contribution in [3.8, 4) is 0 Å². The fourth-order valence-electron chi connectivity index (χ4n) is 4.42. The van der Waals surface area contributed by atoms with Crippen LogP contribution in [0, 0.1) is 41.5 Å². The summed E-state index contributed by atoms with van der Waals surface area (Å²) in [7, 11) is 0. The molecule has 0 fully saturated rings. The van der Waals surface area contributed by atoms with Gasteiger partial charge in [0.25, 0.3) is 0 Å². The summed E-state index contributed by atoms with van der Waals surface area (Å²) in [5, 5.41) is 0. The van der Waals surface area contributed by atoms with Crippen molar-refractivity contribution in [2.75, 3.05) is 0 Å². The largest absolute Gasteiger partial charge is 0.0590 e. The Labute approximate surface area is 175 Å². The molecule has 0 unspecified atom stereocenters. The van der Waals surface area contributed by atoms with E-state index in [1.165, 1.54) is 66.8 Å². The second kappa shape index (κ2) is 7.52. The lowest BCUT2D eigenvalue weighted by atomic mass is 9.89. The monoisotopic (exact) mass is 378 g/mol.